The number of fused-ring (bicyclic) bond motifs is 1. The van der Waals surface area contributed by atoms with E-state index in [0.29, 0.717) is 29.3 Å². The van der Waals surface area contributed by atoms with Crippen molar-refractivity contribution in [3.63, 3.8) is 0 Å². The molecule has 0 bridgehead atoms. The zero-order valence-corrected chi connectivity index (χ0v) is 17.8. The molecule has 8 heteroatoms. The number of hydrogen-bond donors (Lipinski definition) is 1. The predicted octanol–water partition coefficient (Wildman–Crippen LogP) is 3.31. The van der Waals surface area contributed by atoms with E-state index in [-0.39, 0.29) is 19.2 Å². The van der Waals surface area contributed by atoms with E-state index >= 15 is 0 Å². The number of hydrogen-bond acceptors (Lipinski definition) is 5. The Bertz CT molecular complexity index is 1180. The fraction of sp³-hybridized carbons (Fsp3) is 0.174. The normalized spacial score (nSPS) is 12.4. The van der Waals surface area contributed by atoms with Crippen molar-refractivity contribution in [3.05, 3.63) is 89.5 Å². The average molecular weight is 439 g/mol. The monoisotopic (exact) mass is 438 g/mol. The number of benzene rings is 3. The summed E-state index contributed by atoms with van der Waals surface area (Å²) < 4.78 is 36.5. The molecule has 4 rings (SSSR count). The van der Waals surface area contributed by atoms with Crippen LogP contribution in [0.3, 0.4) is 0 Å². The molecule has 0 unspecified atom stereocenters. The highest BCUT2D eigenvalue weighted by molar-refractivity contribution is 7.92. The third-order valence-electron chi connectivity index (χ3n) is 4.88. The molecule has 7 nitrogen and oxygen atoms in total. The number of sulfonamides is 1. The van der Waals surface area contributed by atoms with Gasteiger partial charge in [0.25, 0.3) is 5.91 Å². The minimum Gasteiger partial charge on any atom is -0.454 e. The van der Waals surface area contributed by atoms with E-state index in [0.717, 1.165) is 11.1 Å². The Labute approximate surface area is 181 Å². The number of carbonyl (C=O) groups excluding carboxylic acids is 1. The SMILES string of the molecule is CS(=O)(=O)N(Cc1ccc(C(=O)NCc2ccc3c(c2)OCO3)cc1)c1ccccc1. The van der Waals surface area contributed by atoms with Crippen molar-refractivity contribution in [3.8, 4) is 11.5 Å². The summed E-state index contributed by atoms with van der Waals surface area (Å²) in [4.78, 5) is 12.5. The summed E-state index contributed by atoms with van der Waals surface area (Å²) in [5, 5.41) is 2.88. The van der Waals surface area contributed by atoms with Crippen molar-refractivity contribution in [2.24, 2.45) is 0 Å². The maximum atomic E-state index is 12.5. The van der Waals surface area contributed by atoms with Gasteiger partial charge in [-0.1, -0.05) is 36.4 Å². The number of nitrogens with zero attached hydrogens (tertiary/aromatic N) is 1. The number of amides is 1. The molecular formula is C23H22N2O5S. The quantitative estimate of drug-likeness (QED) is 0.612. The third kappa shape index (κ3) is 4.97. The largest absolute Gasteiger partial charge is 0.454 e. The van der Waals surface area contributed by atoms with Gasteiger partial charge in [0.05, 0.1) is 18.5 Å². The molecule has 0 saturated carbocycles. The van der Waals surface area contributed by atoms with Crippen LogP contribution in [0.2, 0.25) is 0 Å². The maximum absolute atomic E-state index is 12.5. The number of nitrogens with one attached hydrogen (secondary N) is 1. The van der Waals surface area contributed by atoms with Gasteiger partial charge in [0.15, 0.2) is 11.5 Å². The second-order valence-corrected chi connectivity index (χ2v) is 9.08. The summed E-state index contributed by atoms with van der Waals surface area (Å²) in [6.45, 7) is 0.744. The summed E-state index contributed by atoms with van der Waals surface area (Å²) in [5.74, 6) is 1.15. The van der Waals surface area contributed by atoms with E-state index in [1.807, 2.05) is 24.3 Å². The molecule has 0 aromatic heterocycles. The molecule has 1 amide bonds. The average Bonchev–Trinajstić information content (AvgIpc) is 3.24. The number of carbonyl (C=O) groups is 1. The molecule has 31 heavy (non-hydrogen) atoms. The minimum absolute atomic E-state index is 0.182. The van der Waals surface area contributed by atoms with E-state index in [4.69, 9.17) is 9.47 Å². The third-order valence-corrected chi connectivity index (χ3v) is 6.02. The molecule has 0 radical (unpaired) electrons. The first kappa shape index (κ1) is 20.7. The molecule has 1 N–H and O–H groups in total. The van der Waals surface area contributed by atoms with Gasteiger partial charge in [-0.05, 0) is 47.5 Å². The first-order valence-corrected chi connectivity index (χ1v) is 11.5. The lowest BCUT2D eigenvalue weighted by Gasteiger charge is -2.22. The molecule has 0 aliphatic carbocycles. The number of rotatable bonds is 7. The van der Waals surface area contributed by atoms with Gasteiger partial charge in [-0.2, -0.15) is 0 Å². The Kier molecular flexibility index (Phi) is 5.81. The van der Waals surface area contributed by atoms with Crippen LogP contribution in [-0.2, 0) is 23.1 Å². The van der Waals surface area contributed by atoms with Crippen LogP contribution in [0.1, 0.15) is 21.5 Å². The lowest BCUT2D eigenvalue weighted by Crippen LogP contribution is -2.29. The Morgan fingerprint density at radius 2 is 1.61 bits per heavy atom. The second-order valence-electron chi connectivity index (χ2n) is 7.17. The van der Waals surface area contributed by atoms with Gasteiger partial charge in [-0.25, -0.2) is 8.42 Å². The Morgan fingerprint density at radius 3 is 2.32 bits per heavy atom. The highest BCUT2D eigenvalue weighted by Gasteiger charge is 2.18. The molecular weight excluding hydrogens is 416 g/mol. The van der Waals surface area contributed by atoms with Crippen molar-refractivity contribution in [1.29, 1.82) is 0 Å². The molecule has 0 spiro atoms. The van der Waals surface area contributed by atoms with Crippen molar-refractivity contribution < 1.29 is 22.7 Å². The van der Waals surface area contributed by atoms with Gasteiger partial charge in [-0.3, -0.25) is 9.10 Å². The number of para-hydroxylation sites is 1. The highest BCUT2D eigenvalue weighted by Crippen LogP contribution is 2.32. The molecule has 1 heterocycles. The van der Waals surface area contributed by atoms with Crippen LogP contribution in [0.25, 0.3) is 0 Å². The second kappa shape index (κ2) is 8.69. The van der Waals surface area contributed by atoms with E-state index in [1.165, 1.54) is 10.6 Å². The molecule has 160 valence electrons. The Balaban J connectivity index is 1.40. The minimum atomic E-state index is -3.45. The van der Waals surface area contributed by atoms with Crippen molar-refractivity contribution >= 4 is 21.6 Å². The fourth-order valence-corrected chi connectivity index (χ4v) is 4.15. The van der Waals surface area contributed by atoms with Gasteiger partial charge in [0.1, 0.15) is 0 Å². The standard InChI is InChI=1S/C23H22N2O5S/c1-31(27,28)25(20-5-3-2-4-6-20)15-17-7-10-19(11-8-17)23(26)24-14-18-9-12-21-22(13-18)30-16-29-21/h2-13H,14-16H2,1H3,(H,24,26). The summed E-state index contributed by atoms with van der Waals surface area (Å²) in [6.07, 6.45) is 1.18. The summed E-state index contributed by atoms with van der Waals surface area (Å²) >= 11 is 0. The van der Waals surface area contributed by atoms with Crippen molar-refractivity contribution in [2.45, 2.75) is 13.1 Å². The van der Waals surface area contributed by atoms with Crippen molar-refractivity contribution in [2.75, 3.05) is 17.4 Å². The molecule has 3 aromatic carbocycles. The molecule has 0 fully saturated rings. The first-order chi connectivity index (χ1) is 14.9. The highest BCUT2D eigenvalue weighted by atomic mass is 32.2. The smallest absolute Gasteiger partial charge is 0.251 e. The Morgan fingerprint density at radius 1 is 0.935 bits per heavy atom. The van der Waals surface area contributed by atoms with Gasteiger partial charge in [-0.15, -0.1) is 0 Å². The number of anilines is 1. The van der Waals surface area contributed by atoms with E-state index in [9.17, 15) is 13.2 Å². The Hall–Kier alpha value is -3.52. The summed E-state index contributed by atoms with van der Waals surface area (Å²) in [7, 11) is -3.45. The van der Waals surface area contributed by atoms with Gasteiger partial charge < -0.3 is 14.8 Å². The summed E-state index contributed by atoms with van der Waals surface area (Å²) in [6, 6.07) is 21.4. The van der Waals surface area contributed by atoms with Crippen LogP contribution in [0.15, 0.2) is 72.8 Å². The maximum Gasteiger partial charge on any atom is 0.251 e. The number of ether oxygens (including phenoxy) is 2. The lowest BCUT2D eigenvalue weighted by atomic mass is 10.1. The van der Waals surface area contributed by atoms with E-state index in [1.54, 1.807) is 48.5 Å². The van der Waals surface area contributed by atoms with Crippen LogP contribution >= 0.6 is 0 Å². The molecule has 0 saturated heterocycles. The van der Waals surface area contributed by atoms with E-state index < -0.39 is 10.0 Å². The van der Waals surface area contributed by atoms with Crippen LogP contribution in [0.5, 0.6) is 11.5 Å². The van der Waals surface area contributed by atoms with Crippen LogP contribution in [-0.4, -0.2) is 27.4 Å². The van der Waals surface area contributed by atoms with E-state index in [2.05, 4.69) is 5.32 Å². The molecule has 1 aliphatic heterocycles. The first-order valence-electron chi connectivity index (χ1n) is 9.68. The van der Waals surface area contributed by atoms with Crippen molar-refractivity contribution in [1.82, 2.24) is 5.32 Å². The predicted molar refractivity (Wildman–Crippen MR) is 118 cm³/mol. The van der Waals surface area contributed by atoms with Crippen LogP contribution in [0.4, 0.5) is 5.69 Å². The molecule has 0 atom stereocenters. The zero-order valence-electron chi connectivity index (χ0n) is 16.9. The lowest BCUT2D eigenvalue weighted by molar-refractivity contribution is 0.0951. The van der Waals surface area contributed by atoms with Crippen LogP contribution in [0, 0.1) is 0 Å². The van der Waals surface area contributed by atoms with Gasteiger partial charge in [0, 0.05) is 12.1 Å². The van der Waals surface area contributed by atoms with Crippen LogP contribution < -0.4 is 19.1 Å². The topological polar surface area (TPSA) is 84.9 Å². The summed E-state index contributed by atoms with van der Waals surface area (Å²) in [5.41, 5.74) is 2.77. The van der Waals surface area contributed by atoms with Gasteiger partial charge >= 0.3 is 0 Å². The molecule has 3 aromatic rings. The molecule has 1 aliphatic rings. The zero-order chi connectivity index (χ0) is 21.8. The fourth-order valence-electron chi connectivity index (χ4n) is 3.26. The van der Waals surface area contributed by atoms with Gasteiger partial charge in [0.2, 0.25) is 16.8 Å².